The molecule has 8 heteroatoms. The molecule has 33 heavy (non-hydrogen) atoms. The number of piperidine rings is 1. The summed E-state index contributed by atoms with van der Waals surface area (Å²) in [6.07, 6.45) is 6.96. The maximum atomic E-state index is 15.0. The highest BCUT2D eigenvalue weighted by atomic mass is 19.1. The maximum absolute atomic E-state index is 15.0. The van der Waals surface area contributed by atoms with Crippen LogP contribution in [0.25, 0.3) is 10.9 Å². The SMILES string of the molecule is Cc1cccnc1C1CCN(c2nc(C3(F)CC3)nc3cnc(N4CC[C@@H](O)C4)cc23)CC1. The summed E-state index contributed by atoms with van der Waals surface area (Å²) >= 11 is 0. The second kappa shape index (κ2) is 7.87. The number of rotatable bonds is 4. The number of aromatic nitrogens is 4. The van der Waals surface area contributed by atoms with Crippen molar-refractivity contribution in [1.29, 1.82) is 0 Å². The summed E-state index contributed by atoms with van der Waals surface area (Å²) in [4.78, 5) is 22.9. The molecule has 3 aliphatic rings. The van der Waals surface area contributed by atoms with Crippen LogP contribution in [0.5, 0.6) is 0 Å². The first-order valence-corrected chi connectivity index (χ1v) is 12.0. The lowest BCUT2D eigenvalue weighted by Crippen LogP contribution is -2.34. The van der Waals surface area contributed by atoms with Crippen LogP contribution in [0.15, 0.2) is 30.6 Å². The van der Waals surface area contributed by atoms with E-state index >= 15 is 0 Å². The van der Waals surface area contributed by atoms with E-state index in [9.17, 15) is 9.50 Å². The summed E-state index contributed by atoms with van der Waals surface area (Å²) < 4.78 is 15.0. The van der Waals surface area contributed by atoms with Gasteiger partial charge in [0.15, 0.2) is 11.5 Å². The van der Waals surface area contributed by atoms with E-state index < -0.39 is 5.67 Å². The van der Waals surface area contributed by atoms with Crippen molar-refractivity contribution >= 4 is 22.5 Å². The molecule has 2 saturated heterocycles. The predicted molar refractivity (Wildman–Crippen MR) is 125 cm³/mol. The second-order valence-corrected chi connectivity index (χ2v) is 9.75. The van der Waals surface area contributed by atoms with Crippen LogP contribution < -0.4 is 9.80 Å². The molecule has 0 spiro atoms. The number of aryl methyl sites for hydroxylation is 1. The Morgan fingerprint density at radius 3 is 2.55 bits per heavy atom. The lowest BCUT2D eigenvalue weighted by Gasteiger charge is -2.34. The van der Waals surface area contributed by atoms with Crippen molar-refractivity contribution in [2.24, 2.45) is 0 Å². The van der Waals surface area contributed by atoms with Crippen molar-refractivity contribution in [3.8, 4) is 0 Å². The van der Waals surface area contributed by atoms with Gasteiger partial charge in [0.2, 0.25) is 0 Å². The number of hydrogen-bond donors (Lipinski definition) is 1. The summed E-state index contributed by atoms with van der Waals surface area (Å²) in [5.74, 6) is 2.34. The third kappa shape index (κ3) is 3.80. The molecule has 0 aromatic carbocycles. The average molecular weight is 449 g/mol. The van der Waals surface area contributed by atoms with Crippen LogP contribution in [0.2, 0.25) is 0 Å². The number of nitrogens with zero attached hydrogens (tertiary/aromatic N) is 6. The predicted octanol–water partition coefficient (Wildman–Crippen LogP) is 3.64. The van der Waals surface area contributed by atoms with E-state index in [4.69, 9.17) is 4.98 Å². The van der Waals surface area contributed by atoms with Crippen molar-refractivity contribution in [2.75, 3.05) is 36.0 Å². The summed E-state index contributed by atoms with van der Waals surface area (Å²) in [6, 6.07) is 6.12. The number of alkyl halides is 1. The summed E-state index contributed by atoms with van der Waals surface area (Å²) in [6.45, 7) is 5.15. The van der Waals surface area contributed by atoms with Crippen molar-refractivity contribution < 1.29 is 9.50 Å². The fraction of sp³-hybridized carbons (Fsp3) is 0.520. The highest BCUT2D eigenvalue weighted by Crippen LogP contribution is 2.49. The molecule has 0 unspecified atom stereocenters. The van der Waals surface area contributed by atoms with Crippen LogP contribution in [0, 0.1) is 6.92 Å². The number of hydrogen-bond acceptors (Lipinski definition) is 7. The molecule has 2 aliphatic heterocycles. The van der Waals surface area contributed by atoms with E-state index in [-0.39, 0.29) is 6.10 Å². The number of pyridine rings is 2. The van der Waals surface area contributed by atoms with Gasteiger partial charge in [-0.05, 0) is 56.7 Å². The molecule has 1 N–H and O–H groups in total. The Balaban J connectivity index is 1.34. The minimum absolute atomic E-state index is 0.291. The zero-order chi connectivity index (χ0) is 22.6. The van der Waals surface area contributed by atoms with Gasteiger partial charge in [0.05, 0.1) is 17.8 Å². The minimum Gasteiger partial charge on any atom is -0.391 e. The Labute approximate surface area is 192 Å². The fourth-order valence-electron chi connectivity index (χ4n) is 5.19. The van der Waals surface area contributed by atoms with E-state index in [0.717, 1.165) is 55.9 Å². The summed E-state index contributed by atoms with van der Waals surface area (Å²) in [5.41, 5.74) is 1.71. The second-order valence-electron chi connectivity index (χ2n) is 9.75. The van der Waals surface area contributed by atoms with Gasteiger partial charge in [-0.15, -0.1) is 0 Å². The van der Waals surface area contributed by atoms with E-state index in [1.54, 1.807) is 6.20 Å². The maximum Gasteiger partial charge on any atom is 0.170 e. The van der Waals surface area contributed by atoms with Gasteiger partial charge in [-0.1, -0.05) is 6.07 Å². The van der Waals surface area contributed by atoms with E-state index in [0.29, 0.717) is 36.6 Å². The number of aliphatic hydroxyl groups is 1. The Hall–Kier alpha value is -2.87. The largest absolute Gasteiger partial charge is 0.391 e. The first-order chi connectivity index (χ1) is 16.0. The van der Waals surface area contributed by atoms with Crippen LogP contribution in [-0.4, -0.2) is 57.3 Å². The van der Waals surface area contributed by atoms with Crippen molar-refractivity contribution in [3.05, 3.63) is 47.7 Å². The smallest absolute Gasteiger partial charge is 0.170 e. The third-order valence-corrected chi connectivity index (χ3v) is 7.36. The molecular formula is C25H29FN6O. The van der Waals surface area contributed by atoms with Gasteiger partial charge < -0.3 is 14.9 Å². The molecule has 3 aromatic rings. The summed E-state index contributed by atoms with van der Waals surface area (Å²) in [5, 5.41) is 10.9. The molecule has 0 radical (unpaired) electrons. The number of halogens is 1. The molecule has 1 atom stereocenters. The third-order valence-electron chi connectivity index (χ3n) is 7.36. The first kappa shape index (κ1) is 20.7. The van der Waals surface area contributed by atoms with E-state index in [1.165, 1.54) is 11.3 Å². The lowest BCUT2D eigenvalue weighted by molar-refractivity contribution is 0.198. The van der Waals surface area contributed by atoms with Gasteiger partial charge in [0.25, 0.3) is 0 Å². The molecule has 0 amide bonds. The topological polar surface area (TPSA) is 78.3 Å². The highest BCUT2D eigenvalue weighted by molar-refractivity contribution is 5.91. The Bertz CT molecular complexity index is 1190. The highest BCUT2D eigenvalue weighted by Gasteiger charge is 2.48. The first-order valence-electron chi connectivity index (χ1n) is 12.0. The number of fused-ring (bicyclic) bond motifs is 1. The Morgan fingerprint density at radius 2 is 1.85 bits per heavy atom. The number of β-amino-alcohol motifs (C(OH)–C–C–N with tert-alkyl or cyclic N) is 1. The van der Waals surface area contributed by atoms with Gasteiger partial charge in [0.1, 0.15) is 11.6 Å². The Kier molecular flexibility index (Phi) is 4.94. The van der Waals surface area contributed by atoms with Crippen LogP contribution >= 0.6 is 0 Å². The molecule has 172 valence electrons. The van der Waals surface area contributed by atoms with Gasteiger partial charge >= 0.3 is 0 Å². The molecule has 3 aromatic heterocycles. The number of aliphatic hydroxyl groups excluding tert-OH is 1. The van der Waals surface area contributed by atoms with Crippen LogP contribution in [0.1, 0.15) is 55.1 Å². The van der Waals surface area contributed by atoms with Gasteiger partial charge in [-0.3, -0.25) is 4.98 Å². The lowest BCUT2D eigenvalue weighted by atomic mass is 9.90. The standard InChI is InChI=1S/C25H29FN6O/c1-16-3-2-9-27-22(16)17-4-10-31(11-5-17)23-19-13-21(32-12-6-18(33)15-32)28-14-20(19)29-24(30-23)25(26)7-8-25/h2-3,9,13-14,17-18,33H,4-8,10-12,15H2,1H3/t18-/m1/s1. The van der Waals surface area contributed by atoms with E-state index in [2.05, 4.69) is 37.7 Å². The number of anilines is 2. The molecular weight excluding hydrogens is 419 g/mol. The Morgan fingerprint density at radius 1 is 1.06 bits per heavy atom. The van der Waals surface area contributed by atoms with Gasteiger partial charge in [-0.25, -0.2) is 19.3 Å². The summed E-state index contributed by atoms with van der Waals surface area (Å²) in [7, 11) is 0. The van der Waals surface area contributed by atoms with Crippen molar-refractivity contribution in [2.45, 2.75) is 56.7 Å². The van der Waals surface area contributed by atoms with Crippen molar-refractivity contribution in [3.63, 3.8) is 0 Å². The molecule has 0 bridgehead atoms. The van der Waals surface area contributed by atoms with Crippen molar-refractivity contribution in [1.82, 2.24) is 19.9 Å². The van der Waals surface area contributed by atoms with E-state index in [1.807, 2.05) is 18.3 Å². The molecule has 6 rings (SSSR count). The minimum atomic E-state index is -1.40. The fourth-order valence-corrected chi connectivity index (χ4v) is 5.19. The zero-order valence-electron chi connectivity index (χ0n) is 18.9. The molecule has 7 nitrogen and oxygen atoms in total. The zero-order valence-corrected chi connectivity index (χ0v) is 18.9. The molecule has 3 fully saturated rings. The normalized spacial score (nSPS) is 22.8. The van der Waals surface area contributed by atoms with Gasteiger partial charge in [0, 0.05) is 49.4 Å². The molecule has 1 saturated carbocycles. The quantitative estimate of drug-likeness (QED) is 0.653. The molecule has 5 heterocycles. The van der Waals surface area contributed by atoms with Crippen LogP contribution in [-0.2, 0) is 5.67 Å². The van der Waals surface area contributed by atoms with Gasteiger partial charge in [-0.2, -0.15) is 0 Å². The van der Waals surface area contributed by atoms with Crippen LogP contribution in [0.4, 0.5) is 16.0 Å². The monoisotopic (exact) mass is 448 g/mol. The molecule has 1 aliphatic carbocycles. The average Bonchev–Trinajstić information content (AvgIpc) is 3.45. The van der Waals surface area contributed by atoms with Crippen LogP contribution in [0.3, 0.4) is 0 Å².